The predicted octanol–water partition coefficient (Wildman–Crippen LogP) is 2.26. The van der Waals surface area contributed by atoms with Gasteiger partial charge in [-0.1, -0.05) is 6.92 Å². The Labute approximate surface area is 119 Å². The Hall–Kier alpha value is -0.870. The van der Waals surface area contributed by atoms with Gasteiger partial charge in [-0.05, 0) is 37.8 Å². The van der Waals surface area contributed by atoms with Crippen molar-refractivity contribution in [2.45, 2.75) is 26.2 Å². The monoisotopic (exact) mass is 278 g/mol. The zero-order valence-corrected chi connectivity index (χ0v) is 12.6. The summed E-state index contributed by atoms with van der Waals surface area (Å²) in [5.74, 6) is 1.04. The number of nitrogens with zero attached hydrogens (tertiary/aromatic N) is 2. The molecular weight excluding hydrogens is 256 g/mol. The van der Waals surface area contributed by atoms with Crippen LogP contribution in [-0.2, 0) is 12.8 Å². The van der Waals surface area contributed by atoms with E-state index in [1.165, 1.54) is 16.9 Å². The molecule has 0 bridgehead atoms. The zero-order valence-electron chi connectivity index (χ0n) is 11.8. The van der Waals surface area contributed by atoms with Crippen LogP contribution in [0.25, 0.3) is 0 Å². The molecule has 0 N–H and O–H groups in total. The van der Waals surface area contributed by atoms with Gasteiger partial charge in [-0.2, -0.15) is 0 Å². The van der Waals surface area contributed by atoms with Crippen LogP contribution in [-0.4, -0.2) is 48.9 Å². The zero-order chi connectivity index (χ0) is 13.4. The highest BCUT2D eigenvalue weighted by molar-refractivity contribution is 7.10. The summed E-state index contributed by atoms with van der Waals surface area (Å²) in [6, 6.07) is 0. The number of amides is 1. The number of hydrogen-bond acceptors (Lipinski definition) is 3. The van der Waals surface area contributed by atoms with Crippen molar-refractivity contribution in [2.75, 3.05) is 33.2 Å². The van der Waals surface area contributed by atoms with Gasteiger partial charge in [-0.15, -0.1) is 11.3 Å². The second kappa shape index (κ2) is 5.25. The molecule has 0 spiro atoms. The van der Waals surface area contributed by atoms with Gasteiger partial charge in [0.05, 0.1) is 5.56 Å². The fraction of sp³-hybridized carbons (Fsp3) is 0.667. The molecule has 104 valence electrons. The smallest absolute Gasteiger partial charge is 0.255 e. The van der Waals surface area contributed by atoms with Gasteiger partial charge in [0.1, 0.15) is 0 Å². The first-order chi connectivity index (χ1) is 9.15. The van der Waals surface area contributed by atoms with Gasteiger partial charge >= 0.3 is 0 Å². The third-order valence-electron chi connectivity index (χ3n) is 4.42. The Bertz CT molecular complexity index is 474. The summed E-state index contributed by atoms with van der Waals surface area (Å²) < 4.78 is 0. The van der Waals surface area contributed by atoms with E-state index in [1.54, 1.807) is 11.3 Å². The molecule has 3 rings (SSSR count). The molecule has 4 heteroatoms. The molecule has 1 amide bonds. The van der Waals surface area contributed by atoms with Crippen molar-refractivity contribution in [1.82, 2.24) is 9.80 Å². The van der Waals surface area contributed by atoms with Crippen LogP contribution in [0.2, 0.25) is 0 Å². The van der Waals surface area contributed by atoms with E-state index in [4.69, 9.17) is 0 Å². The Morgan fingerprint density at radius 1 is 1.32 bits per heavy atom. The molecule has 1 atom stereocenters. The van der Waals surface area contributed by atoms with Crippen LogP contribution in [0.5, 0.6) is 0 Å². The quantitative estimate of drug-likeness (QED) is 0.787. The average Bonchev–Trinajstić information content (AvgIpc) is 2.81. The molecule has 2 heterocycles. The number of carbonyl (C=O) groups excluding carboxylic acids is 1. The molecule has 1 saturated heterocycles. The van der Waals surface area contributed by atoms with E-state index >= 15 is 0 Å². The summed E-state index contributed by atoms with van der Waals surface area (Å²) in [5, 5.41) is 2.10. The molecule has 0 aromatic carbocycles. The summed E-state index contributed by atoms with van der Waals surface area (Å²) in [6.45, 7) is 6.04. The minimum atomic E-state index is 0.264. The van der Waals surface area contributed by atoms with Gasteiger partial charge in [-0.25, -0.2) is 0 Å². The van der Waals surface area contributed by atoms with E-state index < -0.39 is 0 Å². The molecule has 19 heavy (non-hydrogen) atoms. The fourth-order valence-electron chi connectivity index (χ4n) is 3.04. The summed E-state index contributed by atoms with van der Waals surface area (Å²) in [6.07, 6.45) is 3.48. The molecule has 1 aromatic heterocycles. The van der Waals surface area contributed by atoms with Crippen LogP contribution in [0, 0.1) is 5.92 Å². The van der Waals surface area contributed by atoms with Crippen LogP contribution in [0.3, 0.4) is 0 Å². The summed E-state index contributed by atoms with van der Waals surface area (Å²) in [4.78, 5) is 18.4. The number of carbonyl (C=O) groups is 1. The van der Waals surface area contributed by atoms with Gasteiger partial charge < -0.3 is 9.80 Å². The molecule has 0 saturated carbocycles. The number of fused-ring (bicyclic) bond motifs is 1. The normalized spacial score (nSPS) is 24.3. The van der Waals surface area contributed by atoms with Crippen LogP contribution < -0.4 is 0 Å². The molecule has 1 aliphatic heterocycles. The van der Waals surface area contributed by atoms with Crippen molar-refractivity contribution >= 4 is 17.2 Å². The first kappa shape index (κ1) is 13.1. The lowest BCUT2D eigenvalue weighted by atomic mass is 9.88. The molecule has 0 radical (unpaired) electrons. The number of hydrogen-bond donors (Lipinski definition) is 0. The SMILES string of the molecule is C[C@H]1CCc2c(C(=O)N3CCN(C)CC3)csc2C1. The first-order valence-corrected chi connectivity index (χ1v) is 8.10. The van der Waals surface area contributed by atoms with Crippen LogP contribution in [0.4, 0.5) is 0 Å². The number of piperazine rings is 1. The summed E-state index contributed by atoms with van der Waals surface area (Å²) in [7, 11) is 2.12. The summed E-state index contributed by atoms with van der Waals surface area (Å²) >= 11 is 1.79. The number of likely N-dealkylation sites (N-methyl/N-ethyl adjacent to an activating group) is 1. The highest BCUT2D eigenvalue weighted by atomic mass is 32.1. The predicted molar refractivity (Wildman–Crippen MR) is 78.9 cm³/mol. The van der Waals surface area contributed by atoms with Crippen LogP contribution >= 0.6 is 11.3 Å². The second-order valence-corrected chi connectivity index (χ2v) is 6.96. The number of thiophene rings is 1. The largest absolute Gasteiger partial charge is 0.336 e. The highest BCUT2D eigenvalue weighted by Crippen LogP contribution is 2.33. The molecule has 1 aromatic rings. The molecule has 3 nitrogen and oxygen atoms in total. The lowest BCUT2D eigenvalue weighted by Gasteiger charge is -2.32. The third kappa shape index (κ3) is 2.56. The molecule has 0 unspecified atom stereocenters. The second-order valence-electron chi connectivity index (χ2n) is 5.99. The van der Waals surface area contributed by atoms with E-state index in [9.17, 15) is 4.79 Å². The molecular formula is C15H22N2OS. The highest BCUT2D eigenvalue weighted by Gasteiger charge is 2.27. The maximum atomic E-state index is 12.6. The molecule has 1 fully saturated rings. The topological polar surface area (TPSA) is 23.6 Å². The van der Waals surface area contributed by atoms with E-state index in [0.29, 0.717) is 0 Å². The number of rotatable bonds is 1. The Morgan fingerprint density at radius 2 is 2.05 bits per heavy atom. The van der Waals surface area contributed by atoms with Crippen LogP contribution in [0.15, 0.2) is 5.38 Å². The standard InChI is InChI=1S/C15H22N2OS/c1-11-3-4-12-13(10-19-14(12)9-11)15(18)17-7-5-16(2)6-8-17/h10-11H,3-9H2,1-2H3/t11-/m0/s1. The lowest BCUT2D eigenvalue weighted by molar-refractivity contribution is 0.0663. The maximum Gasteiger partial charge on any atom is 0.255 e. The minimum absolute atomic E-state index is 0.264. The van der Waals surface area contributed by atoms with E-state index in [-0.39, 0.29) is 5.91 Å². The van der Waals surface area contributed by atoms with Gasteiger partial charge in [-0.3, -0.25) is 4.79 Å². The van der Waals surface area contributed by atoms with Crippen molar-refractivity contribution in [3.05, 3.63) is 21.4 Å². The lowest BCUT2D eigenvalue weighted by Crippen LogP contribution is -2.47. The van der Waals surface area contributed by atoms with E-state index in [1.807, 2.05) is 4.90 Å². The molecule has 2 aliphatic rings. The summed E-state index contributed by atoms with van der Waals surface area (Å²) in [5.41, 5.74) is 2.35. The third-order valence-corrected chi connectivity index (χ3v) is 5.47. The Morgan fingerprint density at radius 3 is 2.79 bits per heavy atom. The first-order valence-electron chi connectivity index (χ1n) is 7.22. The van der Waals surface area contributed by atoms with Crippen molar-refractivity contribution in [3.8, 4) is 0 Å². The van der Waals surface area contributed by atoms with Gasteiger partial charge in [0.15, 0.2) is 0 Å². The van der Waals surface area contributed by atoms with Crippen molar-refractivity contribution in [2.24, 2.45) is 5.92 Å². The average molecular weight is 278 g/mol. The van der Waals surface area contributed by atoms with Gasteiger partial charge in [0.25, 0.3) is 5.91 Å². The fourth-order valence-corrected chi connectivity index (χ4v) is 4.27. The Balaban J connectivity index is 1.77. The van der Waals surface area contributed by atoms with E-state index in [2.05, 4.69) is 24.3 Å². The van der Waals surface area contributed by atoms with Crippen LogP contribution in [0.1, 0.15) is 34.1 Å². The van der Waals surface area contributed by atoms with Crippen molar-refractivity contribution in [3.63, 3.8) is 0 Å². The Kier molecular flexibility index (Phi) is 3.63. The van der Waals surface area contributed by atoms with Crippen molar-refractivity contribution < 1.29 is 4.79 Å². The minimum Gasteiger partial charge on any atom is -0.336 e. The van der Waals surface area contributed by atoms with Gasteiger partial charge in [0.2, 0.25) is 0 Å². The maximum absolute atomic E-state index is 12.6. The van der Waals surface area contributed by atoms with Crippen molar-refractivity contribution in [1.29, 1.82) is 0 Å². The molecule has 1 aliphatic carbocycles. The van der Waals surface area contributed by atoms with E-state index in [0.717, 1.165) is 50.5 Å². The van der Waals surface area contributed by atoms with Gasteiger partial charge in [0, 0.05) is 36.4 Å².